The Balaban J connectivity index is 1.50. The summed E-state index contributed by atoms with van der Waals surface area (Å²) in [5.74, 6) is 2.21. The van der Waals surface area contributed by atoms with Gasteiger partial charge in [0.2, 0.25) is 5.91 Å². The van der Waals surface area contributed by atoms with Crippen molar-refractivity contribution in [2.75, 3.05) is 12.9 Å². The van der Waals surface area contributed by atoms with E-state index in [9.17, 15) is 4.79 Å². The van der Waals surface area contributed by atoms with Crippen LogP contribution in [0.5, 0.6) is 5.75 Å². The molecule has 1 aromatic heterocycles. The van der Waals surface area contributed by atoms with Gasteiger partial charge in [-0.05, 0) is 76.6 Å². The lowest BCUT2D eigenvalue weighted by molar-refractivity contribution is -0.127. The number of hydrogen-bond donors (Lipinski definition) is 0. The summed E-state index contributed by atoms with van der Waals surface area (Å²) in [7, 11) is 1.66. The lowest BCUT2D eigenvalue weighted by Gasteiger charge is -2.27. The van der Waals surface area contributed by atoms with Crippen LogP contribution in [0, 0.1) is 0 Å². The topological polar surface area (TPSA) is 60.3 Å². The van der Waals surface area contributed by atoms with Gasteiger partial charge in [-0.3, -0.25) is 9.36 Å². The molecule has 1 saturated carbocycles. The van der Waals surface area contributed by atoms with E-state index in [-0.39, 0.29) is 11.9 Å². The number of hydrogen-bond acceptors (Lipinski definition) is 5. The number of nitrogens with zero attached hydrogens (tertiary/aromatic N) is 4. The third-order valence-electron chi connectivity index (χ3n) is 5.61. The van der Waals surface area contributed by atoms with E-state index in [0.717, 1.165) is 48.0 Å². The molecule has 7 heteroatoms. The number of ether oxygens (including phenoxy) is 1. The fraction of sp³-hybridized carbons (Fsp3) is 0.522. The SMILES string of the molecule is COc1ccc(-c2nnc(SCC(=O)N(C3=CCCCC3)C3CC3)n2C(C)C)cc1. The monoisotopic (exact) mass is 426 g/mol. The first-order valence-electron chi connectivity index (χ1n) is 10.8. The second-order valence-electron chi connectivity index (χ2n) is 8.22. The molecule has 0 aliphatic heterocycles. The second-order valence-corrected chi connectivity index (χ2v) is 9.17. The van der Waals surface area contributed by atoms with Crippen molar-refractivity contribution in [1.29, 1.82) is 0 Å². The van der Waals surface area contributed by atoms with Crippen molar-refractivity contribution in [3.63, 3.8) is 0 Å². The number of carbonyl (C=O) groups is 1. The average molecular weight is 427 g/mol. The van der Waals surface area contributed by atoms with Crippen LogP contribution in [0.4, 0.5) is 0 Å². The minimum Gasteiger partial charge on any atom is -0.497 e. The van der Waals surface area contributed by atoms with Crippen molar-refractivity contribution in [1.82, 2.24) is 19.7 Å². The average Bonchev–Trinajstić information content (AvgIpc) is 3.50. The molecule has 2 aromatic rings. The molecule has 2 aliphatic carbocycles. The summed E-state index contributed by atoms with van der Waals surface area (Å²) in [6.45, 7) is 4.23. The number of rotatable bonds is 8. The molecule has 0 N–H and O–H groups in total. The summed E-state index contributed by atoms with van der Waals surface area (Å²) in [4.78, 5) is 15.2. The number of methoxy groups -OCH3 is 1. The van der Waals surface area contributed by atoms with Crippen LogP contribution in [0.1, 0.15) is 58.4 Å². The highest BCUT2D eigenvalue weighted by Gasteiger charge is 2.35. The standard InChI is InChI=1S/C23H30N4O2S/c1-16(2)26-22(17-9-13-20(29-3)14-10-17)24-25-23(26)30-15-21(28)27(19-11-12-19)18-7-5-4-6-8-18/h7,9-10,13-14,16,19H,4-6,8,11-12,15H2,1-3H3. The molecule has 160 valence electrons. The van der Waals surface area contributed by atoms with Crippen LogP contribution in [0.25, 0.3) is 11.4 Å². The molecule has 0 atom stereocenters. The maximum Gasteiger partial charge on any atom is 0.237 e. The highest BCUT2D eigenvalue weighted by Crippen LogP contribution is 2.35. The normalized spacial score (nSPS) is 16.5. The minimum absolute atomic E-state index is 0.190. The van der Waals surface area contributed by atoms with Crippen LogP contribution in [0.2, 0.25) is 0 Å². The Kier molecular flexibility index (Phi) is 6.46. The summed E-state index contributed by atoms with van der Waals surface area (Å²) in [6.07, 6.45) is 9.04. The fourth-order valence-corrected chi connectivity index (χ4v) is 4.87. The Bertz CT molecular complexity index is 916. The first kappa shape index (κ1) is 21.0. The van der Waals surface area contributed by atoms with Crippen molar-refractivity contribution in [2.24, 2.45) is 0 Å². The molecule has 1 heterocycles. The number of amides is 1. The van der Waals surface area contributed by atoms with Crippen LogP contribution in [0.15, 0.2) is 41.2 Å². The van der Waals surface area contributed by atoms with E-state index in [2.05, 4.69) is 39.6 Å². The van der Waals surface area contributed by atoms with Crippen molar-refractivity contribution < 1.29 is 9.53 Å². The van der Waals surface area contributed by atoms with Gasteiger partial charge in [-0.2, -0.15) is 0 Å². The zero-order valence-electron chi connectivity index (χ0n) is 18.0. The van der Waals surface area contributed by atoms with E-state index in [0.29, 0.717) is 11.8 Å². The molecule has 0 unspecified atom stereocenters. The predicted molar refractivity (Wildman–Crippen MR) is 120 cm³/mol. The van der Waals surface area contributed by atoms with E-state index in [1.54, 1.807) is 7.11 Å². The number of carbonyl (C=O) groups excluding carboxylic acids is 1. The molecule has 1 aromatic carbocycles. The molecule has 1 fully saturated rings. The number of benzene rings is 1. The summed E-state index contributed by atoms with van der Waals surface area (Å²) < 4.78 is 7.37. The van der Waals surface area contributed by atoms with Gasteiger partial charge in [0.25, 0.3) is 0 Å². The summed E-state index contributed by atoms with van der Waals surface area (Å²) in [5, 5.41) is 9.65. The maximum absolute atomic E-state index is 13.1. The Morgan fingerprint density at radius 2 is 2.00 bits per heavy atom. The van der Waals surface area contributed by atoms with Crippen molar-refractivity contribution in [3.05, 3.63) is 36.0 Å². The zero-order valence-corrected chi connectivity index (χ0v) is 18.8. The smallest absolute Gasteiger partial charge is 0.237 e. The molecule has 0 bridgehead atoms. The van der Waals surface area contributed by atoms with Gasteiger partial charge in [-0.1, -0.05) is 17.8 Å². The lowest BCUT2D eigenvalue weighted by atomic mass is 10.0. The van der Waals surface area contributed by atoms with E-state index >= 15 is 0 Å². The highest BCUT2D eigenvalue weighted by atomic mass is 32.2. The number of thioether (sulfide) groups is 1. The molecule has 6 nitrogen and oxygen atoms in total. The van der Waals surface area contributed by atoms with Crippen LogP contribution >= 0.6 is 11.8 Å². The molecular formula is C23H30N4O2S. The van der Waals surface area contributed by atoms with E-state index in [1.165, 1.54) is 30.3 Å². The molecule has 2 aliphatic rings. The summed E-state index contributed by atoms with van der Waals surface area (Å²) in [5.41, 5.74) is 2.22. The molecular weight excluding hydrogens is 396 g/mol. The predicted octanol–water partition coefficient (Wildman–Crippen LogP) is 5.08. The van der Waals surface area contributed by atoms with Crippen molar-refractivity contribution >= 4 is 17.7 Å². The van der Waals surface area contributed by atoms with Gasteiger partial charge in [0.05, 0.1) is 12.9 Å². The molecule has 0 spiro atoms. The van der Waals surface area contributed by atoms with Crippen LogP contribution in [0.3, 0.4) is 0 Å². The van der Waals surface area contributed by atoms with E-state index in [4.69, 9.17) is 4.74 Å². The molecule has 0 saturated heterocycles. The first-order chi connectivity index (χ1) is 14.6. The molecule has 0 radical (unpaired) electrons. The third-order valence-corrected chi connectivity index (χ3v) is 6.54. The molecule has 4 rings (SSSR count). The van der Waals surface area contributed by atoms with Gasteiger partial charge in [0.1, 0.15) is 5.75 Å². The van der Waals surface area contributed by atoms with Crippen molar-refractivity contribution in [2.45, 2.75) is 69.6 Å². The fourth-order valence-electron chi connectivity index (χ4n) is 3.94. The maximum atomic E-state index is 13.1. The van der Waals surface area contributed by atoms with Crippen LogP contribution < -0.4 is 4.74 Å². The summed E-state index contributed by atoms with van der Waals surface area (Å²) in [6, 6.07) is 8.43. The van der Waals surface area contributed by atoms with E-state index in [1.807, 2.05) is 24.3 Å². The Morgan fingerprint density at radius 1 is 1.23 bits per heavy atom. The minimum atomic E-state index is 0.190. The van der Waals surface area contributed by atoms with Gasteiger partial charge in [0.15, 0.2) is 11.0 Å². The quantitative estimate of drug-likeness (QED) is 0.551. The molecule has 30 heavy (non-hydrogen) atoms. The van der Waals surface area contributed by atoms with Crippen LogP contribution in [-0.4, -0.2) is 44.5 Å². The highest BCUT2D eigenvalue weighted by molar-refractivity contribution is 7.99. The third kappa shape index (κ3) is 4.56. The number of allylic oxidation sites excluding steroid dienone is 2. The lowest BCUT2D eigenvalue weighted by Crippen LogP contribution is -2.34. The van der Waals surface area contributed by atoms with Gasteiger partial charge >= 0.3 is 0 Å². The second kappa shape index (κ2) is 9.25. The first-order valence-corrected chi connectivity index (χ1v) is 11.8. The van der Waals surface area contributed by atoms with Gasteiger partial charge in [-0.15, -0.1) is 10.2 Å². The Labute approximate surface area is 182 Å². The summed E-state index contributed by atoms with van der Waals surface area (Å²) >= 11 is 1.49. The van der Waals surface area contributed by atoms with Crippen LogP contribution in [-0.2, 0) is 4.79 Å². The Morgan fingerprint density at radius 3 is 2.60 bits per heavy atom. The van der Waals surface area contributed by atoms with Gasteiger partial charge in [-0.25, -0.2) is 0 Å². The molecule has 1 amide bonds. The Hall–Kier alpha value is -2.28. The number of aromatic nitrogens is 3. The van der Waals surface area contributed by atoms with Gasteiger partial charge < -0.3 is 9.64 Å². The largest absolute Gasteiger partial charge is 0.497 e. The van der Waals surface area contributed by atoms with Gasteiger partial charge in [0, 0.05) is 23.3 Å². The van der Waals surface area contributed by atoms with E-state index < -0.39 is 0 Å². The van der Waals surface area contributed by atoms with Crippen molar-refractivity contribution in [3.8, 4) is 17.1 Å². The zero-order chi connectivity index (χ0) is 21.1.